The van der Waals surface area contributed by atoms with E-state index in [4.69, 9.17) is 34.2 Å². The van der Waals surface area contributed by atoms with E-state index >= 15 is 0 Å². The number of allylic oxidation sites excluding steroid dienone is 1. The Morgan fingerprint density at radius 2 is 1.41 bits per heavy atom. The Kier molecular flexibility index (Phi) is 9.42. The number of hydrogen-bond acceptors (Lipinski definition) is 9. The normalized spacial score (nSPS) is 11.5. The predicted octanol–water partition coefficient (Wildman–Crippen LogP) is 5.71. The van der Waals surface area contributed by atoms with Crippen LogP contribution < -0.4 is 22.6 Å². The highest BCUT2D eigenvalue weighted by atomic mass is 35.5. The molecule has 0 bridgehead atoms. The van der Waals surface area contributed by atoms with E-state index < -0.39 is 20.2 Å². The summed E-state index contributed by atoms with van der Waals surface area (Å²) in [6, 6.07) is 12.7. The molecule has 3 aromatic rings. The van der Waals surface area contributed by atoms with E-state index in [1.807, 2.05) is 19.9 Å². The van der Waals surface area contributed by atoms with Crippen LogP contribution >= 0.6 is 11.6 Å². The van der Waals surface area contributed by atoms with E-state index in [1.54, 1.807) is 36.4 Å². The van der Waals surface area contributed by atoms with Crippen molar-refractivity contribution in [1.29, 1.82) is 0 Å². The SMILES string of the molecule is COc1cc(-c2ccc(OS(C)(=O)=O)cc2)c(OC)c(OS(C)(=O)=O)c1-c1ccc(OCC=C(C)C)c(Cl)c1. The molecule has 0 fully saturated rings. The minimum Gasteiger partial charge on any atom is -0.496 e. The molecule has 39 heavy (non-hydrogen) atoms. The maximum Gasteiger partial charge on any atom is 0.306 e. The van der Waals surface area contributed by atoms with Gasteiger partial charge in [-0.15, -0.1) is 0 Å². The highest BCUT2D eigenvalue weighted by Gasteiger charge is 2.26. The average molecular weight is 597 g/mol. The number of benzene rings is 3. The zero-order chi connectivity index (χ0) is 29.0. The van der Waals surface area contributed by atoms with Crippen LogP contribution in [0.25, 0.3) is 22.3 Å². The Bertz CT molecular complexity index is 1590. The maximum absolute atomic E-state index is 12.3. The van der Waals surface area contributed by atoms with E-state index in [0.29, 0.717) is 39.6 Å². The topological polar surface area (TPSA) is 114 Å². The van der Waals surface area contributed by atoms with Crippen LogP contribution in [0.2, 0.25) is 5.02 Å². The van der Waals surface area contributed by atoms with Crippen LogP contribution in [0.5, 0.6) is 28.7 Å². The van der Waals surface area contributed by atoms with Crippen molar-refractivity contribution in [3.05, 3.63) is 65.2 Å². The highest BCUT2D eigenvalue weighted by Crippen LogP contribution is 2.51. The summed E-state index contributed by atoms with van der Waals surface area (Å²) in [4.78, 5) is 0. The van der Waals surface area contributed by atoms with Crippen molar-refractivity contribution in [3.8, 4) is 51.0 Å². The van der Waals surface area contributed by atoms with E-state index in [2.05, 4.69) is 0 Å². The second-order valence-corrected chi connectivity index (χ2v) is 12.3. The smallest absolute Gasteiger partial charge is 0.306 e. The van der Waals surface area contributed by atoms with Crippen molar-refractivity contribution in [2.24, 2.45) is 0 Å². The Hall–Kier alpha value is -3.41. The molecule has 0 spiro atoms. The lowest BCUT2D eigenvalue weighted by Crippen LogP contribution is -2.09. The van der Waals surface area contributed by atoms with Crippen molar-refractivity contribution in [2.45, 2.75) is 13.8 Å². The standard InChI is InChI=1S/C27H29ClO9S2/c1-17(2)13-14-35-23-12-9-19(15-22(23)28)25-24(33-3)16-21(26(34-4)27(25)37-39(6,31)32)18-7-10-20(11-8-18)36-38(5,29)30/h7-13,15-16H,14H2,1-6H3. The van der Waals surface area contributed by atoms with Gasteiger partial charge in [-0.1, -0.05) is 35.4 Å². The summed E-state index contributed by atoms with van der Waals surface area (Å²) in [7, 11) is -4.92. The number of hydrogen-bond donors (Lipinski definition) is 0. The van der Waals surface area contributed by atoms with Gasteiger partial charge in [-0.25, -0.2) is 0 Å². The molecule has 0 amide bonds. The van der Waals surface area contributed by atoms with Crippen LogP contribution in [0.1, 0.15) is 13.8 Å². The molecule has 0 unspecified atom stereocenters. The van der Waals surface area contributed by atoms with Gasteiger partial charge in [0.2, 0.25) is 0 Å². The van der Waals surface area contributed by atoms with Gasteiger partial charge in [0.15, 0.2) is 11.5 Å². The number of rotatable bonds is 11. The van der Waals surface area contributed by atoms with Gasteiger partial charge in [-0.05, 0) is 61.4 Å². The summed E-state index contributed by atoms with van der Waals surface area (Å²) >= 11 is 6.51. The maximum atomic E-state index is 12.3. The molecule has 0 atom stereocenters. The Morgan fingerprint density at radius 3 is 1.92 bits per heavy atom. The molecule has 0 aliphatic heterocycles. The molecule has 210 valence electrons. The van der Waals surface area contributed by atoms with Gasteiger partial charge in [-0.3, -0.25) is 0 Å². The summed E-state index contributed by atoms with van der Waals surface area (Å²) in [5.41, 5.74) is 2.86. The van der Waals surface area contributed by atoms with Gasteiger partial charge in [0.05, 0.1) is 37.3 Å². The van der Waals surface area contributed by atoms with Crippen molar-refractivity contribution in [1.82, 2.24) is 0 Å². The summed E-state index contributed by atoms with van der Waals surface area (Å²) in [6.07, 6.45) is 3.77. The van der Waals surface area contributed by atoms with Crippen molar-refractivity contribution >= 4 is 31.8 Å². The highest BCUT2D eigenvalue weighted by molar-refractivity contribution is 7.86. The lowest BCUT2D eigenvalue weighted by molar-refractivity contribution is 0.362. The Balaban J connectivity index is 2.21. The van der Waals surface area contributed by atoms with Gasteiger partial charge in [0, 0.05) is 5.56 Å². The molecular formula is C27H29ClO9S2. The Labute approximate surface area is 234 Å². The third-order valence-electron chi connectivity index (χ3n) is 5.22. The number of methoxy groups -OCH3 is 2. The molecule has 3 aromatic carbocycles. The van der Waals surface area contributed by atoms with E-state index in [-0.39, 0.29) is 23.0 Å². The van der Waals surface area contributed by atoms with Gasteiger partial charge >= 0.3 is 20.2 Å². The molecule has 0 aliphatic carbocycles. The second kappa shape index (κ2) is 12.2. The first-order valence-corrected chi connectivity index (χ1v) is 15.5. The van der Waals surface area contributed by atoms with E-state index in [9.17, 15) is 16.8 Å². The molecular weight excluding hydrogens is 568 g/mol. The van der Waals surface area contributed by atoms with Crippen molar-refractivity contribution in [3.63, 3.8) is 0 Å². The molecule has 0 aliphatic rings. The molecule has 0 saturated heterocycles. The van der Waals surface area contributed by atoms with Gasteiger partial charge in [0.25, 0.3) is 0 Å². The quantitative estimate of drug-likeness (QED) is 0.203. The van der Waals surface area contributed by atoms with Gasteiger partial charge in [0.1, 0.15) is 23.9 Å². The monoisotopic (exact) mass is 596 g/mol. The molecule has 0 radical (unpaired) electrons. The second-order valence-electron chi connectivity index (χ2n) is 8.70. The third-order valence-corrected chi connectivity index (χ3v) is 6.48. The first-order chi connectivity index (χ1) is 18.2. The van der Waals surface area contributed by atoms with E-state index in [1.165, 1.54) is 26.4 Å². The lowest BCUT2D eigenvalue weighted by Gasteiger charge is -2.21. The van der Waals surface area contributed by atoms with Gasteiger partial charge in [-0.2, -0.15) is 16.8 Å². The fourth-order valence-corrected chi connectivity index (χ4v) is 4.79. The summed E-state index contributed by atoms with van der Waals surface area (Å²) < 4.78 is 74.9. The molecule has 0 heterocycles. The fraction of sp³-hybridized carbons (Fsp3) is 0.259. The molecule has 12 heteroatoms. The minimum absolute atomic E-state index is 0.105. The summed E-state index contributed by atoms with van der Waals surface area (Å²) in [5, 5.41) is 0.298. The molecule has 0 N–H and O–H groups in total. The largest absolute Gasteiger partial charge is 0.496 e. The van der Waals surface area contributed by atoms with Crippen LogP contribution in [0, 0.1) is 0 Å². The zero-order valence-corrected chi connectivity index (χ0v) is 24.7. The fourth-order valence-electron chi connectivity index (χ4n) is 3.64. The lowest BCUT2D eigenvalue weighted by atomic mass is 9.96. The third kappa shape index (κ3) is 8.04. The molecule has 3 rings (SSSR count). The first kappa shape index (κ1) is 30.1. The summed E-state index contributed by atoms with van der Waals surface area (Å²) in [6.45, 7) is 4.25. The van der Waals surface area contributed by atoms with Crippen molar-refractivity contribution < 1.29 is 39.4 Å². The Morgan fingerprint density at radius 1 is 0.795 bits per heavy atom. The van der Waals surface area contributed by atoms with Crippen LogP contribution in [0.15, 0.2) is 60.2 Å². The predicted molar refractivity (Wildman–Crippen MR) is 151 cm³/mol. The van der Waals surface area contributed by atoms with E-state index in [0.717, 1.165) is 18.1 Å². The average Bonchev–Trinajstić information content (AvgIpc) is 2.82. The number of halogens is 1. The summed E-state index contributed by atoms with van der Waals surface area (Å²) in [5.74, 6) is 0.823. The molecule has 0 aromatic heterocycles. The van der Waals surface area contributed by atoms with Gasteiger partial charge < -0.3 is 22.6 Å². The first-order valence-electron chi connectivity index (χ1n) is 11.5. The molecule has 0 saturated carbocycles. The molecule has 9 nitrogen and oxygen atoms in total. The number of ether oxygens (including phenoxy) is 3. The van der Waals surface area contributed by atoms with Crippen LogP contribution in [0.3, 0.4) is 0 Å². The van der Waals surface area contributed by atoms with Crippen molar-refractivity contribution in [2.75, 3.05) is 33.3 Å². The van der Waals surface area contributed by atoms with Crippen LogP contribution in [-0.2, 0) is 20.2 Å². The van der Waals surface area contributed by atoms with Crippen LogP contribution in [-0.4, -0.2) is 50.2 Å². The van der Waals surface area contributed by atoms with Crippen LogP contribution in [0.4, 0.5) is 0 Å². The zero-order valence-electron chi connectivity index (χ0n) is 22.3. The minimum atomic E-state index is -4.02.